The number of hydrogen-bond donors (Lipinski definition) is 1. The lowest BCUT2D eigenvalue weighted by Crippen LogP contribution is -2.09. The number of carboxylic acids is 1. The fourth-order valence-corrected chi connectivity index (χ4v) is 1.41. The third kappa shape index (κ3) is 2.03. The molecule has 18 heavy (non-hydrogen) atoms. The molecule has 0 unspecified atom stereocenters. The molecule has 2 aromatic rings. The SMILES string of the molecule is Cc1cnn(-c2ncc([N+](=O)[O-])cc2C(=O)O)c1. The number of carbonyl (C=O) groups is 1. The van der Waals surface area contributed by atoms with Crippen molar-refractivity contribution in [3.8, 4) is 5.82 Å². The summed E-state index contributed by atoms with van der Waals surface area (Å²) in [4.78, 5) is 24.7. The molecule has 0 fully saturated rings. The molecule has 92 valence electrons. The van der Waals surface area contributed by atoms with E-state index in [9.17, 15) is 14.9 Å². The van der Waals surface area contributed by atoms with Crippen LogP contribution in [0, 0.1) is 17.0 Å². The van der Waals surface area contributed by atoms with E-state index in [1.54, 1.807) is 13.1 Å². The topological polar surface area (TPSA) is 111 Å². The second-order valence-corrected chi connectivity index (χ2v) is 3.59. The molecule has 8 heteroatoms. The number of aryl methyl sites for hydroxylation is 1. The smallest absolute Gasteiger partial charge is 0.339 e. The molecule has 0 bridgehead atoms. The Morgan fingerprint density at radius 2 is 2.22 bits per heavy atom. The lowest BCUT2D eigenvalue weighted by Gasteiger charge is -2.04. The van der Waals surface area contributed by atoms with Crippen LogP contribution in [0.4, 0.5) is 5.69 Å². The van der Waals surface area contributed by atoms with Crippen LogP contribution in [0.3, 0.4) is 0 Å². The molecule has 2 rings (SSSR count). The molecule has 0 amide bonds. The minimum absolute atomic E-state index is 0.0428. The van der Waals surface area contributed by atoms with Gasteiger partial charge < -0.3 is 5.11 Å². The average molecular weight is 248 g/mol. The largest absolute Gasteiger partial charge is 0.478 e. The molecule has 0 saturated carbocycles. The van der Waals surface area contributed by atoms with Crippen LogP contribution in [-0.2, 0) is 0 Å². The highest BCUT2D eigenvalue weighted by Crippen LogP contribution is 2.18. The highest BCUT2D eigenvalue weighted by atomic mass is 16.6. The highest BCUT2D eigenvalue weighted by molar-refractivity contribution is 5.91. The summed E-state index contributed by atoms with van der Waals surface area (Å²) < 4.78 is 1.27. The lowest BCUT2D eigenvalue weighted by molar-refractivity contribution is -0.385. The van der Waals surface area contributed by atoms with Gasteiger partial charge >= 0.3 is 5.97 Å². The highest BCUT2D eigenvalue weighted by Gasteiger charge is 2.19. The van der Waals surface area contributed by atoms with E-state index in [1.165, 1.54) is 10.9 Å². The molecule has 2 heterocycles. The number of aromatic carboxylic acids is 1. The normalized spacial score (nSPS) is 10.3. The zero-order valence-electron chi connectivity index (χ0n) is 9.27. The third-order valence-corrected chi connectivity index (χ3v) is 2.22. The summed E-state index contributed by atoms with van der Waals surface area (Å²) in [5.74, 6) is -1.25. The van der Waals surface area contributed by atoms with E-state index in [4.69, 9.17) is 5.11 Å². The number of rotatable bonds is 3. The van der Waals surface area contributed by atoms with Gasteiger partial charge in [-0.1, -0.05) is 0 Å². The second-order valence-electron chi connectivity index (χ2n) is 3.59. The molecule has 0 saturated heterocycles. The van der Waals surface area contributed by atoms with Crippen molar-refractivity contribution in [3.05, 3.63) is 45.9 Å². The van der Waals surface area contributed by atoms with Gasteiger partial charge in [-0.2, -0.15) is 5.10 Å². The van der Waals surface area contributed by atoms with Crippen LogP contribution < -0.4 is 0 Å². The first-order valence-electron chi connectivity index (χ1n) is 4.88. The number of nitrogens with zero attached hydrogens (tertiary/aromatic N) is 4. The predicted molar refractivity (Wildman–Crippen MR) is 59.7 cm³/mol. The standard InChI is InChI=1S/C10H8N4O4/c1-6-3-12-13(5-6)9-8(10(15)16)2-7(4-11-9)14(17)18/h2-5H,1H3,(H,15,16). The molecule has 0 radical (unpaired) electrons. The van der Waals surface area contributed by atoms with Gasteiger partial charge in [-0.15, -0.1) is 0 Å². The first-order chi connectivity index (χ1) is 8.49. The Labute approximate surface area is 101 Å². The fraction of sp³-hybridized carbons (Fsp3) is 0.100. The molecule has 0 atom stereocenters. The maximum Gasteiger partial charge on any atom is 0.339 e. The van der Waals surface area contributed by atoms with Gasteiger partial charge in [-0.05, 0) is 12.5 Å². The molecule has 0 aliphatic carbocycles. The summed E-state index contributed by atoms with van der Waals surface area (Å²) >= 11 is 0. The van der Waals surface area contributed by atoms with Gasteiger partial charge in [-0.25, -0.2) is 14.5 Å². The Morgan fingerprint density at radius 1 is 1.50 bits per heavy atom. The van der Waals surface area contributed by atoms with Crippen molar-refractivity contribution in [2.45, 2.75) is 6.92 Å². The van der Waals surface area contributed by atoms with Crippen LogP contribution in [0.5, 0.6) is 0 Å². The van der Waals surface area contributed by atoms with Crippen LogP contribution in [0.2, 0.25) is 0 Å². The Bertz CT molecular complexity index is 635. The van der Waals surface area contributed by atoms with Gasteiger partial charge in [0.15, 0.2) is 5.82 Å². The Morgan fingerprint density at radius 3 is 2.72 bits per heavy atom. The van der Waals surface area contributed by atoms with E-state index in [0.717, 1.165) is 17.8 Å². The summed E-state index contributed by atoms with van der Waals surface area (Å²) in [5, 5.41) is 23.5. The molecule has 0 aliphatic heterocycles. The van der Waals surface area contributed by atoms with Crippen LogP contribution in [-0.4, -0.2) is 30.8 Å². The van der Waals surface area contributed by atoms with Crippen molar-refractivity contribution >= 4 is 11.7 Å². The Hall–Kier alpha value is -2.77. The molecule has 1 N–H and O–H groups in total. The van der Waals surface area contributed by atoms with E-state index in [-0.39, 0.29) is 17.1 Å². The van der Waals surface area contributed by atoms with Gasteiger partial charge in [0.2, 0.25) is 0 Å². The first-order valence-corrected chi connectivity index (χ1v) is 4.88. The molecule has 8 nitrogen and oxygen atoms in total. The van der Waals surface area contributed by atoms with Gasteiger partial charge in [0.05, 0.1) is 11.1 Å². The molecular formula is C10H8N4O4. The van der Waals surface area contributed by atoms with Gasteiger partial charge in [0.25, 0.3) is 5.69 Å². The summed E-state index contributed by atoms with van der Waals surface area (Å²) in [5.41, 5.74) is 0.179. The van der Waals surface area contributed by atoms with Gasteiger partial charge in [0, 0.05) is 12.3 Å². The average Bonchev–Trinajstić information content (AvgIpc) is 2.74. The summed E-state index contributed by atoms with van der Waals surface area (Å²) in [6.07, 6.45) is 4.12. The molecular weight excluding hydrogens is 240 g/mol. The minimum atomic E-state index is -1.30. The number of nitro groups is 1. The Balaban J connectivity index is 2.60. The van der Waals surface area contributed by atoms with E-state index in [1.807, 2.05) is 0 Å². The summed E-state index contributed by atoms with van der Waals surface area (Å²) in [7, 11) is 0. The van der Waals surface area contributed by atoms with Crippen molar-refractivity contribution in [2.75, 3.05) is 0 Å². The minimum Gasteiger partial charge on any atom is -0.478 e. The van der Waals surface area contributed by atoms with Crippen molar-refractivity contribution < 1.29 is 14.8 Å². The van der Waals surface area contributed by atoms with E-state index >= 15 is 0 Å². The predicted octanol–water partition coefficient (Wildman–Crippen LogP) is 1.18. The lowest BCUT2D eigenvalue weighted by atomic mass is 10.2. The zero-order valence-corrected chi connectivity index (χ0v) is 9.27. The monoisotopic (exact) mass is 248 g/mol. The summed E-state index contributed by atoms with van der Waals surface area (Å²) in [6.45, 7) is 1.79. The maximum atomic E-state index is 11.1. The molecule has 0 aromatic carbocycles. The van der Waals surface area contributed by atoms with Crippen molar-refractivity contribution in [1.82, 2.24) is 14.8 Å². The van der Waals surface area contributed by atoms with Crippen molar-refractivity contribution in [1.29, 1.82) is 0 Å². The Kier molecular flexibility index (Phi) is 2.76. The van der Waals surface area contributed by atoms with Gasteiger partial charge in [-0.3, -0.25) is 10.1 Å². The van der Waals surface area contributed by atoms with Crippen LogP contribution in [0.25, 0.3) is 5.82 Å². The number of carboxylic acid groups (broad SMARTS) is 1. The van der Waals surface area contributed by atoms with Gasteiger partial charge in [0.1, 0.15) is 11.8 Å². The van der Waals surface area contributed by atoms with Crippen LogP contribution >= 0.6 is 0 Å². The molecule has 0 aliphatic rings. The fourth-order valence-electron chi connectivity index (χ4n) is 1.41. The second kappa shape index (κ2) is 4.24. The van der Waals surface area contributed by atoms with E-state index < -0.39 is 10.9 Å². The summed E-state index contributed by atoms with van der Waals surface area (Å²) in [6, 6.07) is 0.960. The maximum absolute atomic E-state index is 11.1. The molecule has 0 spiro atoms. The van der Waals surface area contributed by atoms with Crippen LogP contribution in [0.1, 0.15) is 15.9 Å². The number of hydrogen-bond acceptors (Lipinski definition) is 5. The third-order valence-electron chi connectivity index (χ3n) is 2.22. The quantitative estimate of drug-likeness (QED) is 0.644. The zero-order chi connectivity index (χ0) is 13.3. The first kappa shape index (κ1) is 11.7. The van der Waals surface area contributed by atoms with Crippen molar-refractivity contribution in [2.24, 2.45) is 0 Å². The van der Waals surface area contributed by atoms with Crippen molar-refractivity contribution in [3.63, 3.8) is 0 Å². The van der Waals surface area contributed by atoms with Crippen LogP contribution in [0.15, 0.2) is 24.7 Å². The van der Waals surface area contributed by atoms with E-state index in [2.05, 4.69) is 10.1 Å². The number of aromatic nitrogens is 3. The van der Waals surface area contributed by atoms with E-state index in [0.29, 0.717) is 0 Å². The number of pyridine rings is 1. The molecule has 2 aromatic heterocycles.